The first-order valence-corrected chi connectivity index (χ1v) is 9.83. The molecule has 3 aromatic rings. The fourth-order valence-corrected chi connectivity index (χ4v) is 4.37. The van der Waals surface area contributed by atoms with E-state index in [9.17, 15) is 4.39 Å². The molecule has 1 aliphatic heterocycles. The van der Waals surface area contributed by atoms with Crippen molar-refractivity contribution in [3.05, 3.63) is 107 Å². The molecule has 4 rings (SSSR count). The lowest BCUT2D eigenvalue weighted by atomic mass is 10.0. The van der Waals surface area contributed by atoms with Crippen LogP contribution in [-0.2, 0) is 13.1 Å². The second kappa shape index (κ2) is 8.47. The Hall–Kier alpha value is -2.49. The molecule has 0 aromatic heterocycles. The number of quaternary nitrogens is 2. The largest absolute Gasteiger partial charge is 0.278 e. The van der Waals surface area contributed by atoms with Crippen LogP contribution in [0, 0.1) is 5.82 Å². The van der Waals surface area contributed by atoms with Crippen LogP contribution in [0.2, 0.25) is 0 Å². The summed E-state index contributed by atoms with van der Waals surface area (Å²) >= 11 is 0. The fraction of sp³-hybridized carbons (Fsp3) is 0.250. The highest BCUT2D eigenvalue weighted by Gasteiger charge is 2.39. The van der Waals surface area contributed by atoms with Crippen LogP contribution >= 0.6 is 0 Å². The maximum Gasteiger partial charge on any atom is 0.243 e. The Morgan fingerprint density at radius 2 is 1.15 bits per heavy atom. The van der Waals surface area contributed by atoms with Crippen LogP contribution in [0.25, 0.3) is 0 Å². The second-order valence-electron chi connectivity index (χ2n) is 7.45. The van der Waals surface area contributed by atoms with Crippen molar-refractivity contribution in [2.24, 2.45) is 0 Å². The summed E-state index contributed by atoms with van der Waals surface area (Å²) in [6, 6.07) is 28.5. The summed E-state index contributed by atoms with van der Waals surface area (Å²) in [7, 11) is 0. The molecule has 2 unspecified atom stereocenters. The second-order valence-corrected chi connectivity index (χ2v) is 7.45. The van der Waals surface area contributed by atoms with E-state index in [0.717, 1.165) is 38.2 Å². The minimum Gasteiger partial charge on any atom is -0.278 e. The minimum absolute atomic E-state index is 0.0828. The average Bonchev–Trinajstić information content (AvgIpc) is 2.71. The van der Waals surface area contributed by atoms with Crippen LogP contribution < -0.4 is 9.80 Å². The molecule has 2 atom stereocenters. The molecule has 3 heteroatoms. The van der Waals surface area contributed by atoms with Crippen LogP contribution in [0.5, 0.6) is 0 Å². The predicted octanol–water partition coefficient (Wildman–Crippen LogP) is 2.40. The molecule has 0 spiro atoms. The van der Waals surface area contributed by atoms with Gasteiger partial charge < -0.3 is 0 Å². The van der Waals surface area contributed by atoms with Gasteiger partial charge in [0.15, 0.2) is 0 Å². The van der Waals surface area contributed by atoms with Gasteiger partial charge in [-0.2, -0.15) is 0 Å². The van der Waals surface area contributed by atoms with Gasteiger partial charge in [-0.3, -0.25) is 9.80 Å². The number of rotatable bonds is 5. The maximum absolute atomic E-state index is 14.8. The van der Waals surface area contributed by atoms with Crippen molar-refractivity contribution in [2.45, 2.75) is 25.7 Å². The third kappa shape index (κ3) is 4.26. The molecule has 1 saturated heterocycles. The first-order chi connectivity index (χ1) is 13.3. The number of benzene rings is 3. The molecule has 0 saturated carbocycles. The van der Waals surface area contributed by atoms with Crippen molar-refractivity contribution >= 4 is 0 Å². The number of halogens is 1. The van der Waals surface area contributed by atoms with Gasteiger partial charge in [0.2, 0.25) is 6.17 Å². The van der Waals surface area contributed by atoms with Crippen molar-refractivity contribution < 1.29 is 14.2 Å². The van der Waals surface area contributed by atoms with Crippen LogP contribution in [-0.4, -0.2) is 13.1 Å². The Labute approximate surface area is 160 Å². The van der Waals surface area contributed by atoms with Crippen molar-refractivity contribution in [2.75, 3.05) is 13.1 Å². The minimum atomic E-state index is -0.0828. The van der Waals surface area contributed by atoms with Gasteiger partial charge in [0.1, 0.15) is 24.5 Å². The molecule has 27 heavy (non-hydrogen) atoms. The van der Waals surface area contributed by atoms with Crippen molar-refractivity contribution in [1.29, 1.82) is 0 Å². The van der Waals surface area contributed by atoms with Crippen molar-refractivity contribution in [1.82, 2.24) is 0 Å². The van der Waals surface area contributed by atoms with Gasteiger partial charge in [-0.1, -0.05) is 72.8 Å². The Balaban J connectivity index is 1.66. The number of hydrogen-bond donors (Lipinski definition) is 2. The summed E-state index contributed by atoms with van der Waals surface area (Å²) in [5.74, 6) is -0.0828. The zero-order valence-electron chi connectivity index (χ0n) is 15.6. The highest BCUT2D eigenvalue weighted by molar-refractivity contribution is 5.19. The first-order valence-electron chi connectivity index (χ1n) is 9.83. The van der Waals surface area contributed by atoms with E-state index in [-0.39, 0.29) is 12.0 Å². The number of hydrogen-bond acceptors (Lipinski definition) is 0. The Kier molecular flexibility index (Phi) is 5.61. The van der Waals surface area contributed by atoms with Crippen LogP contribution in [0.3, 0.4) is 0 Å². The highest BCUT2D eigenvalue weighted by atomic mass is 19.1. The molecule has 2 nitrogen and oxygen atoms in total. The SMILES string of the molecule is Fc1ccccc1C1[NH+](Cc2ccccc2)CCC[NH+]1Cc1ccccc1. The Bertz CT molecular complexity index is 801. The molecule has 0 bridgehead atoms. The smallest absolute Gasteiger partial charge is 0.243 e. The molecule has 0 amide bonds. The fourth-order valence-electron chi connectivity index (χ4n) is 4.37. The quantitative estimate of drug-likeness (QED) is 0.690. The van der Waals surface area contributed by atoms with E-state index in [2.05, 4.69) is 60.7 Å². The molecule has 3 aromatic carbocycles. The van der Waals surface area contributed by atoms with Gasteiger partial charge >= 0.3 is 0 Å². The third-order valence-electron chi connectivity index (χ3n) is 5.58. The van der Waals surface area contributed by atoms with Gasteiger partial charge in [-0.15, -0.1) is 0 Å². The van der Waals surface area contributed by atoms with Crippen molar-refractivity contribution in [3.63, 3.8) is 0 Å². The summed E-state index contributed by atoms with van der Waals surface area (Å²) in [6.07, 6.45) is 1.27. The molecule has 0 aliphatic carbocycles. The van der Waals surface area contributed by atoms with E-state index >= 15 is 0 Å². The van der Waals surface area contributed by atoms with Gasteiger partial charge in [0.05, 0.1) is 13.1 Å². The predicted molar refractivity (Wildman–Crippen MR) is 106 cm³/mol. The van der Waals surface area contributed by atoms with E-state index in [1.165, 1.54) is 20.9 Å². The standard InChI is InChI=1S/C24H25FN2/c25-23-15-8-7-14-22(23)24-26(18-20-10-3-1-4-11-20)16-9-17-27(24)19-21-12-5-2-6-13-21/h1-8,10-15,24H,9,16-19H2/p+2. The summed E-state index contributed by atoms with van der Waals surface area (Å²) in [6.45, 7) is 4.01. The van der Waals surface area contributed by atoms with E-state index in [1.54, 1.807) is 12.1 Å². The molecule has 138 valence electrons. The first kappa shape index (κ1) is 17.9. The van der Waals surface area contributed by atoms with Crippen molar-refractivity contribution in [3.8, 4) is 0 Å². The number of nitrogens with one attached hydrogen (secondary N) is 2. The summed E-state index contributed by atoms with van der Waals surface area (Å²) < 4.78 is 14.8. The van der Waals surface area contributed by atoms with Crippen LogP contribution in [0.1, 0.15) is 29.3 Å². The zero-order chi connectivity index (χ0) is 18.5. The van der Waals surface area contributed by atoms with E-state index in [1.807, 2.05) is 12.1 Å². The van der Waals surface area contributed by atoms with E-state index in [0.29, 0.717) is 0 Å². The molecule has 1 fully saturated rings. The lowest BCUT2D eigenvalue weighted by Crippen LogP contribution is -3.32. The molecular formula is C24H27FN2+2. The van der Waals surface area contributed by atoms with E-state index in [4.69, 9.17) is 0 Å². The molecule has 1 heterocycles. The van der Waals surface area contributed by atoms with Gasteiger partial charge in [0.25, 0.3) is 0 Å². The average molecular weight is 362 g/mol. The summed E-state index contributed by atoms with van der Waals surface area (Å²) in [4.78, 5) is 2.90. The normalized spacial score (nSPS) is 22.5. The summed E-state index contributed by atoms with van der Waals surface area (Å²) in [5.41, 5.74) is 3.47. The topological polar surface area (TPSA) is 8.88 Å². The van der Waals surface area contributed by atoms with Crippen LogP contribution in [0.4, 0.5) is 4.39 Å². The Morgan fingerprint density at radius 3 is 1.67 bits per heavy atom. The zero-order valence-corrected chi connectivity index (χ0v) is 15.6. The van der Waals surface area contributed by atoms with Crippen LogP contribution in [0.15, 0.2) is 84.9 Å². The van der Waals surface area contributed by atoms with Gasteiger partial charge in [-0.05, 0) is 12.1 Å². The summed E-state index contributed by atoms with van der Waals surface area (Å²) in [5, 5.41) is 0. The Morgan fingerprint density at radius 1 is 0.667 bits per heavy atom. The highest BCUT2D eigenvalue weighted by Crippen LogP contribution is 2.13. The lowest BCUT2D eigenvalue weighted by molar-refractivity contribution is -1.16. The van der Waals surface area contributed by atoms with Gasteiger partial charge in [-0.25, -0.2) is 4.39 Å². The lowest BCUT2D eigenvalue weighted by Gasteiger charge is -2.38. The van der Waals surface area contributed by atoms with Gasteiger partial charge in [0, 0.05) is 17.5 Å². The molecule has 1 aliphatic rings. The third-order valence-corrected chi connectivity index (χ3v) is 5.58. The molecule has 2 N–H and O–H groups in total. The molecular weight excluding hydrogens is 335 g/mol. The van der Waals surface area contributed by atoms with E-state index < -0.39 is 0 Å². The molecule has 0 radical (unpaired) electrons. The maximum atomic E-state index is 14.8. The monoisotopic (exact) mass is 362 g/mol.